The number of ether oxygens (including phenoxy) is 1. The van der Waals surface area contributed by atoms with Crippen LogP contribution < -0.4 is 4.90 Å². The fourth-order valence-electron chi connectivity index (χ4n) is 4.51. The molecule has 0 saturated carbocycles. The molecule has 0 bridgehead atoms. The fourth-order valence-corrected chi connectivity index (χ4v) is 4.51. The molecule has 0 aliphatic carbocycles. The van der Waals surface area contributed by atoms with Gasteiger partial charge < -0.3 is 9.64 Å². The van der Waals surface area contributed by atoms with Crippen LogP contribution in [0.15, 0.2) is 55.1 Å². The van der Waals surface area contributed by atoms with Gasteiger partial charge in [0.2, 0.25) is 5.95 Å². The van der Waals surface area contributed by atoms with Crippen LogP contribution in [-0.2, 0) is 11.3 Å². The molecule has 3 aromatic rings. The van der Waals surface area contributed by atoms with E-state index in [1.54, 1.807) is 0 Å². The molecule has 31 heavy (non-hydrogen) atoms. The first-order valence-corrected chi connectivity index (χ1v) is 11.1. The number of nitrogens with zero attached hydrogens (tertiary/aromatic N) is 6. The van der Waals surface area contributed by atoms with Crippen LogP contribution in [0.1, 0.15) is 30.1 Å². The molecule has 160 valence electrons. The molecular weight excluding hydrogens is 388 g/mol. The van der Waals surface area contributed by atoms with Crippen molar-refractivity contribution in [2.75, 3.05) is 44.3 Å². The van der Waals surface area contributed by atoms with Gasteiger partial charge in [-0.05, 0) is 49.2 Å². The van der Waals surface area contributed by atoms with Gasteiger partial charge in [0.1, 0.15) is 0 Å². The maximum absolute atomic E-state index is 5.51. The van der Waals surface area contributed by atoms with E-state index in [0.717, 1.165) is 87.2 Å². The molecule has 0 N–H and O–H groups in total. The number of piperidine rings is 1. The number of anilines is 1. The first-order chi connectivity index (χ1) is 15.4. The van der Waals surface area contributed by atoms with E-state index in [0.29, 0.717) is 5.92 Å². The summed E-state index contributed by atoms with van der Waals surface area (Å²) < 4.78 is 5.51. The maximum Gasteiger partial charge on any atom is 0.225 e. The van der Waals surface area contributed by atoms with Crippen LogP contribution in [0.2, 0.25) is 0 Å². The van der Waals surface area contributed by atoms with Crippen molar-refractivity contribution < 1.29 is 4.74 Å². The minimum atomic E-state index is 0.364. The van der Waals surface area contributed by atoms with Crippen LogP contribution in [-0.4, -0.2) is 64.2 Å². The van der Waals surface area contributed by atoms with Crippen molar-refractivity contribution in [1.29, 1.82) is 0 Å². The zero-order valence-electron chi connectivity index (χ0n) is 17.7. The van der Waals surface area contributed by atoms with Gasteiger partial charge in [0.15, 0.2) is 0 Å². The summed E-state index contributed by atoms with van der Waals surface area (Å²) in [7, 11) is 0. The highest BCUT2D eigenvalue weighted by atomic mass is 16.5. The van der Waals surface area contributed by atoms with Gasteiger partial charge in [0.25, 0.3) is 0 Å². The van der Waals surface area contributed by atoms with Crippen LogP contribution >= 0.6 is 0 Å². The number of morpholine rings is 1. The third-order valence-electron chi connectivity index (χ3n) is 6.09. The van der Waals surface area contributed by atoms with Gasteiger partial charge in [-0.25, -0.2) is 9.97 Å². The molecule has 3 aromatic heterocycles. The lowest BCUT2D eigenvalue weighted by molar-refractivity contribution is 0.122. The lowest BCUT2D eigenvalue weighted by Gasteiger charge is -2.34. The van der Waals surface area contributed by atoms with E-state index < -0.39 is 0 Å². The Labute approximate surface area is 183 Å². The van der Waals surface area contributed by atoms with Gasteiger partial charge >= 0.3 is 0 Å². The van der Waals surface area contributed by atoms with Crippen LogP contribution in [0.25, 0.3) is 11.1 Å². The standard InChI is InChI=1S/C24H28N6O/c1-2-8-26-21(5-1)18-29-11-3-4-20(17-29)23-22(19-6-9-25-10-7-19)16-27-24(28-23)30-12-14-31-15-13-30/h1-2,5-10,16,20H,3-4,11-15,17-18H2/t20-/m0/s1. The number of likely N-dealkylation sites (tertiary alicyclic amines) is 1. The van der Waals surface area contributed by atoms with E-state index in [2.05, 4.69) is 31.9 Å². The number of pyridine rings is 2. The normalized spacial score (nSPS) is 20.0. The Morgan fingerprint density at radius 3 is 2.65 bits per heavy atom. The lowest BCUT2D eigenvalue weighted by Crippen LogP contribution is -2.38. The lowest BCUT2D eigenvalue weighted by atomic mass is 9.90. The van der Waals surface area contributed by atoms with E-state index in [-0.39, 0.29) is 0 Å². The minimum Gasteiger partial charge on any atom is -0.378 e. The Balaban J connectivity index is 1.44. The molecule has 5 heterocycles. The second-order valence-corrected chi connectivity index (χ2v) is 8.20. The summed E-state index contributed by atoms with van der Waals surface area (Å²) in [5, 5.41) is 0. The maximum atomic E-state index is 5.51. The molecule has 0 radical (unpaired) electrons. The zero-order valence-corrected chi connectivity index (χ0v) is 17.7. The molecular formula is C24H28N6O. The Morgan fingerprint density at radius 2 is 1.84 bits per heavy atom. The van der Waals surface area contributed by atoms with E-state index in [1.807, 2.05) is 43.0 Å². The summed E-state index contributed by atoms with van der Waals surface area (Å²) in [6.45, 7) is 6.09. The molecule has 7 heteroatoms. The molecule has 0 spiro atoms. The Morgan fingerprint density at radius 1 is 0.968 bits per heavy atom. The second-order valence-electron chi connectivity index (χ2n) is 8.20. The van der Waals surface area contributed by atoms with Gasteiger partial charge in [-0.2, -0.15) is 0 Å². The zero-order chi connectivity index (χ0) is 20.9. The van der Waals surface area contributed by atoms with Crippen molar-refractivity contribution in [2.45, 2.75) is 25.3 Å². The fraction of sp³-hybridized carbons (Fsp3) is 0.417. The Bertz CT molecular complexity index is 978. The molecule has 5 rings (SSSR count). The van der Waals surface area contributed by atoms with Gasteiger partial charge in [-0.15, -0.1) is 0 Å². The summed E-state index contributed by atoms with van der Waals surface area (Å²) in [6, 6.07) is 10.2. The number of rotatable bonds is 5. The summed E-state index contributed by atoms with van der Waals surface area (Å²) in [4.78, 5) is 23.3. The molecule has 1 atom stereocenters. The van der Waals surface area contributed by atoms with Gasteiger partial charge in [0.05, 0.1) is 24.6 Å². The summed E-state index contributed by atoms with van der Waals surface area (Å²) in [6.07, 6.45) is 9.84. The molecule has 7 nitrogen and oxygen atoms in total. The van der Waals surface area contributed by atoms with Crippen LogP contribution in [0, 0.1) is 0 Å². The van der Waals surface area contributed by atoms with Crippen molar-refractivity contribution in [3.8, 4) is 11.1 Å². The van der Waals surface area contributed by atoms with E-state index >= 15 is 0 Å². The molecule has 0 aromatic carbocycles. The summed E-state index contributed by atoms with van der Waals surface area (Å²) in [5.41, 5.74) is 4.51. The molecule has 0 amide bonds. The quantitative estimate of drug-likeness (QED) is 0.633. The van der Waals surface area contributed by atoms with Crippen molar-refractivity contribution in [1.82, 2.24) is 24.8 Å². The largest absolute Gasteiger partial charge is 0.378 e. The number of hydrogen-bond donors (Lipinski definition) is 0. The molecule has 2 aliphatic rings. The third-order valence-corrected chi connectivity index (χ3v) is 6.09. The number of aromatic nitrogens is 4. The van der Waals surface area contributed by atoms with Crippen molar-refractivity contribution in [3.05, 3.63) is 66.5 Å². The monoisotopic (exact) mass is 416 g/mol. The predicted octanol–water partition coefficient (Wildman–Crippen LogP) is 3.15. The van der Waals surface area contributed by atoms with E-state index in [1.165, 1.54) is 0 Å². The molecule has 2 fully saturated rings. The highest BCUT2D eigenvalue weighted by Gasteiger charge is 2.27. The molecule has 2 saturated heterocycles. The third kappa shape index (κ3) is 4.73. The SMILES string of the molecule is c1ccc(CN2CCC[C@H](c3nc(N4CCOCC4)ncc3-c3ccncc3)C2)nc1. The average molecular weight is 417 g/mol. The van der Waals surface area contributed by atoms with Crippen LogP contribution in [0.3, 0.4) is 0 Å². The highest BCUT2D eigenvalue weighted by molar-refractivity contribution is 5.66. The average Bonchev–Trinajstić information content (AvgIpc) is 2.86. The summed E-state index contributed by atoms with van der Waals surface area (Å²) >= 11 is 0. The summed E-state index contributed by atoms with van der Waals surface area (Å²) in [5.74, 6) is 1.18. The predicted molar refractivity (Wildman–Crippen MR) is 120 cm³/mol. The highest BCUT2D eigenvalue weighted by Crippen LogP contribution is 2.34. The van der Waals surface area contributed by atoms with Gasteiger partial charge in [-0.3, -0.25) is 14.9 Å². The minimum absolute atomic E-state index is 0.364. The first-order valence-electron chi connectivity index (χ1n) is 11.1. The van der Waals surface area contributed by atoms with Crippen molar-refractivity contribution in [2.24, 2.45) is 0 Å². The van der Waals surface area contributed by atoms with Crippen LogP contribution in [0.4, 0.5) is 5.95 Å². The van der Waals surface area contributed by atoms with E-state index in [4.69, 9.17) is 14.7 Å². The van der Waals surface area contributed by atoms with Crippen molar-refractivity contribution in [3.63, 3.8) is 0 Å². The van der Waals surface area contributed by atoms with Crippen LogP contribution in [0.5, 0.6) is 0 Å². The van der Waals surface area contributed by atoms with Crippen molar-refractivity contribution >= 4 is 5.95 Å². The van der Waals surface area contributed by atoms with E-state index in [9.17, 15) is 0 Å². The molecule has 2 aliphatic heterocycles. The molecule has 0 unspecified atom stereocenters. The second kappa shape index (κ2) is 9.49. The topological polar surface area (TPSA) is 67.3 Å². The van der Waals surface area contributed by atoms with Gasteiger partial charge in [0, 0.05) is 62.4 Å². The Kier molecular flexibility index (Phi) is 6.13. The van der Waals surface area contributed by atoms with Gasteiger partial charge in [-0.1, -0.05) is 6.07 Å². The number of hydrogen-bond acceptors (Lipinski definition) is 7. The Hall–Kier alpha value is -2.90. The smallest absolute Gasteiger partial charge is 0.225 e. The first kappa shape index (κ1) is 20.0.